The van der Waals surface area contributed by atoms with Crippen molar-refractivity contribution in [2.45, 2.75) is 18.9 Å². The maximum atomic E-state index is 13.8. The fourth-order valence-corrected chi connectivity index (χ4v) is 1.75. The van der Waals surface area contributed by atoms with Gasteiger partial charge in [-0.25, -0.2) is 0 Å². The molecule has 0 saturated carbocycles. The number of aromatic nitrogens is 3. The quantitative estimate of drug-likeness (QED) is 0.780. The molecule has 1 aromatic heterocycles. The van der Waals surface area contributed by atoms with Gasteiger partial charge in [-0.1, -0.05) is 35.5 Å². The van der Waals surface area contributed by atoms with Gasteiger partial charge >= 0.3 is 0 Å². The molecule has 0 saturated heterocycles. The third-order valence-corrected chi connectivity index (χ3v) is 2.76. The van der Waals surface area contributed by atoms with Crippen LogP contribution in [0.15, 0.2) is 42.7 Å². The number of hydrogen-bond acceptors (Lipinski definition) is 3. The molecular weight excluding hydrogens is 250 g/mol. The van der Waals surface area contributed by atoms with Gasteiger partial charge in [0.1, 0.15) is 0 Å². The lowest BCUT2D eigenvalue weighted by atomic mass is 10.1. The summed E-state index contributed by atoms with van der Waals surface area (Å²) in [5.74, 6) is -2.84. The fraction of sp³-hybridized carbons (Fsp3) is 0.385. The summed E-state index contributed by atoms with van der Waals surface area (Å²) in [5.41, 5.74) is 0.0405. The van der Waals surface area contributed by atoms with Crippen LogP contribution in [0.3, 0.4) is 0 Å². The van der Waals surface area contributed by atoms with Gasteiger partial charge in [0.05, 0.1) is 12.7 Å². The molecule has 4 nitrogen and oxygen atoms in total. The summed E-state index contributed by atoms with van der Waals surface area (Å²) < 4.78 is 29.2. The van der Waals surface area contributed by atoms with E-state index in [0.29, 0.717) is 13.1 Å². The van der Waals surface area contributed by atoms with Crippen molar-refractivity contribution in [3.63, 3.8) is 0 Å². The van der Waals surface area contributed by atoms with Crippen molar-refractivity contribution in [1.82, 2.24) is 20.3 Å². The van der Waals surface area contributed by atoms with Crippen LogP contribution in [0.5, 0.6) is 0 Å². The number of benzene rings is 1. The molecule has 0 bridgehead atoms. The van der Waals surface area contributed by atoms with Gasteiger partial charge in [-0.15, -0.1) is 5.10 Å². The van der Waals surface area contributed by atoms with E-state index < -0.39 is 5.92 Å². The molecule has 1 heterocycles. The van der Waals surface area contributed by atoms with Crippen LogP contribution in [-0.2, 0) is 12.5 Å². The number of rotatable bonds is 7. The molecule has 0 fully saturated rings. The molecule has 19 heavy (non-hydrogen) atoms. The minimum atomic E-state index is -2.84. The van der Waals surface area contributed by atoms with Crippen molar-refractivity contribution in [2.75, 3.05) is 13.1 Å². The molecule has 1 N–H and O–H groups in total. The maximum absolute atomic E-state index is 13.8. The molecule has 0 aliphatic carbocycles. The third kappa shape index (κ3) is 4.10. The third-order valence-electron chi connectivity index (χ3n) is 2.76. The first-order valence-electron chi connectivity index (χ1n) is 6.17. The van der Waals surface area contributed by atoms with Gasteiger partial charge in [0.25, 0.3) is 5.92 Å². The predicted molar refractivity (Wildman–Crippen MR) is 67.8 cm³/mol. The van der Waals surface area contributed by atoms with Crippen molar-refractivity contribution in [2.24, 2.45) is 0 Å². The summed E-state index contributed by atoms with van der Waals surface area (Å²) in [4.78, 5) is 0. The first-order chi connectivity index (χ1) is 9.18. The van der Waals surface area contributed by atoms with Gasteiger partial charge in [0, 0.05) is 18.3 Å². The number of halogens is 2. The van der Waals surface area contributed by atoms with Crippen LogP contribution in [0, 0.1) is 0 Å². The summed E-state index contributed by atoms with van der Waals surface area (Å²) in [7, 11) is 0. The Morgan fingerprint density at radius 2 is 2.00 bits per heavy atom. The standard InChI is InChI=1S/C13H16F2N4/c14-13(15,12-5-2-1-3-6-12)11-16-7-4-9-19-10-8-17-18-19/h1-3,5-6,8,10,16H,4,7,9,11H2. The number of aryl methyl sites for hydroxylation is 1. The van der Waals surface area contributed by atoms with Gasteiger partial charge in [0.2, 0.25) is 0 Å². The summed E-state index contributed by atoms with van der Waals surface area (Å²) >= 11 is 0. The molecule has 1 aromatic carbocycles. The second-order valence-electron chi connectivity index (χ2n) is 4.27. The summed E-state index contributed by atoms with van der Waals surface area (Å²) in [6.07, 6.45) is 4.07. The van der Waals surface area contributed by atoms with E-state index in [4.69, 9.17) is 0 Å². The molecule has 6 heteroatoms. The van der Waals surface area contributed by atoms with E-state index in [-0.39, 0.29) is 12.1 Å². The monoisotopic (exact) mass is 266 g/mol. The highest BCUT2D eigenvalue weighted by atomic mass is 19.3. The van der Waals surface area contributed by atoms with Crippen molar-refractivity contribution < 1.29 is 8.78 Å². The van der Waals surface area contributed by atoms with Crippen LogP contribution in [0.4, 0.5) is 8.78 Å². The van der Waals surface area contributed by atoms with E-state index in [2.05, 4.69) is 15.6 Å². The van der Waals surface area contributed by atoms with Gasteiger partial charge in [0.15, 0.2) is 0 Å². The Kier molecular flexibility index (Phi) is 4.57. The smallest absolute Gasteiger partial charge is 0.285 e. The van der Waals surface area contributed by atoms with Gasteiger partial charge in [-0.3, -0.25) is 4.68 Å². The Morgan fingerprint density at radius 1 is 1.21 bits per heavy atom. The van der Waals surface area contributed by atoms with Crippen LogP contribution in [0.25, 0.3) is 0 Å². The number of hydrogen-bond donors (Lipinski definition) is 1. The zero-order chi connectivity index (χ0) is 13.6. The maximum Gasteiger partial charge on any atom is 0.285 e. The second-order valence-corrected chi connectivity index (χ2v) is 4.27. The Morgan fingerprint density at radius 3 is 2.68 bits per heavy atom. The van der Waals surface area contributed by atoms with E-state index in [0.717, 1.165) is 6.42 Å². The van der Waals surface area contributed by atoms with Crippen LogP contribution in [-0.4, -0.2) is 28.1 Å². The highest BCUT2D eigenvalue weighted by Crippen LogP contribution is 2.26. The summed E-state index contributed by atoms with van der Waals surface area (Å²) in [5, 5.41) is 10.2. The molecule has 0 radical (unpaired) electrons. The molecule has 0 atom stereocenters. The Hall–Kier alpha value is -1.82. The average molecular weight is 266 g/mol. The molecule has 0 aliphatic rings. The first-order valence-corrected chi connectivity index (χ1v) is 6.17. The first kappa shape index (κ1) is 13.6. The van der Waals surface area contributed by atoms with Crippen LogP contribution >= 0.6 is 0 Å². The molecule has 0 unspecified atom stereocenters. The lowest BCUT2D eigenvalue weighted by molar-refractivity contribution is -0.00305. The summed E-state index contributed by atoms with van der Waals surface area (Å²) in [6, 6.07) is 7.85. The molecule has 2 aromatic rings. The fourth-order valence-electron chi connectivity index (χ4n) is 1.75. The minimum Gasteiger partial charge on any atom is -0.311 e. The van der Waals surface area contributed by atoms with E-state index in [1.165, 1.54) is 12.1 Å². The van der Waals surface area contributed by atoms with E-state index >= 15 is 0 Å². The van der Waals surface area contributed by atoms with Crippen molar-refractivity contribution in [3.05, 3.63) is 48.3 Å². The molecule has 0 spiro atoms. The van der Waals surface area contributed by atoms with E-state index in [1.807, 2.05) is 0 Å². The lowest BCUT2D eigenvalue weighted by Gasteiger charge is -2.17. The topological polar surface area (TPSA) is 42.7 Å². The Bertz CT molecular complexity index is 471. The Labute approximate surface area is 110 Å². The zero-order valence-corrected chi connectivity index (χ0v) is 10.5. The second kappa shape index (κ2) is 6.38. The number of nitrogens with zero attached hydrogens (tertiary/aromatic N) is 3. The van der Waals surface area contributed by atoms with Gasteiger partial charge < -0.3 is 5.32 Å². The van der Waals surface area contributed by atoms with Gasteiger partial charge in [-0.05, 0) is 13.0 Å². The van der Waals surface area contributed by atoms with Crippen molar-refractivity contribution in [1.29, 1.82) is 0 Å². The van der Waals surface area contributed by atoms with Crippen LogP contribution in [0.2, 0.25) is 0 Å². The largest absolute Gasteiger partial charge is 0.311 e. The number of nitrogens with one attached hydrogen (secondary N) is 1. The molecule has 2 rings (SSSR count). The van der Waals surface area contributed by atoms with E-state index in [9.17, 15) is 8.78 Å². The predicted octanol–water partition coefficient (Wildman–Crippen LogP) is 2.05. The number of alkyl halides is 2. The average Bonchev–Trinajstić information content (AvgIpc) is 2.92. The Balaban J connectivity index is 1.70. The normalized spacial score (nSPS) is 11.7. The summed E-state index contributed by atoms with van der Waals surface area (Å²) in [6.45, 7) is 0.834. The van der Waals surface area contributed by atoms with Crippen LogP contribution in [0.1, 0.15) is 12.0 Å². The molecule has 0 aliphatic heterocycles. The zero-order valence-electron chi connectivity index (χ0n) is 10.5. The van der Waals surface area contributed by atoms with E-state index in [1.54, 1.807) is 35.3 Å². The van der Waals surface area contributed by atoms with Crippen molar-refractivity contribution >= 4 is 0 Å². The van der Waals surface area contributed by atoms with Crippen LogP contribution < -0.4 is 5.32 Å². The lowest BCUT2D eigenvalue weighted by Crippen LogP contribution is -2.31. The van der Waals surface area contributed by atoms with Gasteiger partial charge in [-0.2, -0.15) is 8.78 Å². The minimum absolute atomic E-state index is 0.0405. The SMILES string of the molecule is FC(F)(CNCCCn1ccnn1)c1ccccc1. The molecule has 0 amide bonds. The molecular formula is C13H16F2N4. The highest BCUT2D eigenvalue weighted by Gasteiger charge is 2.30. The highest BCUT2D eigenvalue weighted by molar-refractivity contribution is 5.20. The molecule has 102 valence electrons. The van der Waals surface area contributed by atoms with Crippen molar-refractivity contribution in [3.8, 4) is 0 Å².